The van der Waals surface area contributed by atoms with Gasteiger partial charge in [0.15, 0.2) is 0 Å². The molecule has 0 radical (unpaired) electrons. The topological polar surface area (TPSA) is 38.3 Å². The van der Waals surface area contributed by atoms with Crippen molar-refractivity contribution >= 4 is 5.91 Å². The van der Waals surface area contributed by atoms with E-state index in [1.165, 1.54) is 0 Å². The molecule has 1 atom stereocenters. The van der Waals surface area contributed by atoms with Crippen molar-refractivity contribution in [2.24, 2.45) is 5.92 Å². The van der Waals surface area contributed by atoms with E-state index in [4.69, 9.17) is 4.74 Å². The third kappa shape index (κ3) is 4.13. The Morgan fingerprint density at radius 1 is 1.40 bits per heavy atom. The lowest BCUT2D eigenvalue weighted by molar-refractivity contribution is -0.126. The molecule has 0 aliphatic carbocycles. The zero-order chi connectivity index (χ0) is 11.1. The van der Waals surface area contributed by atoms with E-state index >= 15 is 0 Å². The maximum atomic E-state index is 11.5. The van der Waals surface area contributed by atoms with Crippen LogP contribution in [0.3, 0.4) is 0 Å². The van der Waals surface area contributed by atoms with Crippen LogP contribution >= 0.6 is 0 Å². The van der Waals surface area contributed by atoms with Crippen LogP contribution in [-0.2, 0) is 16.1 Å². The summed E-state index contributed by atoms with van der Waals surface area (Å²) in [6.07, 6.45) is 0. The quantitative estimate of drug-likeness (QED) is 0.796. The number of carbonyl (C=O) groups excluding carboxylic acids is 1. The summed E-state index contributed by atoms with van der Waals surface area (Å²) in [4.78, 5) is 11.5. The predicted molar refractivity (Wildman–Crippen MR) is 59.3 cm³/mol. The zero-order valence-corrected chi connectivity index (χ0v) is 9.19. The Morgan fingerprint density at radius 3 is 2.67 bits per heavy atom. The SMILES string of the molecule is COC[C@@H](C)C(=O)NCc1ccccc1. The summed E-state index contributed by atoms with van der Waals surface area (Å²) in [5.74, 6) is -0.0700. The molecule has 0 bridgehead atoms. The zero-order valence-electron chi connectivity index (χ0n) is 9.19. The molecule has 3 heteroatoms. The largest absolute Gasteiger partial charge is 0.384 e. The maximum Gasteiger partial charge on any atom is 0.225 e. The monoisotopic (exact) mass is 207 g/mol. The average Bonchev–Trinajstić information content (AvgIpc) is 2.27. The van der Waals surface area contributed by atoms with Crippen molar-refractivity contribution < 1.29 is 9.53 Å². The van der Waals surface area contributed by atoms with Crippen LogP contribution in [0, 0.1) is 5.92 Å². The van der Waals surface area contributed by atoms with Gasteiger partial charge in [0.1, 0.15) is 0 Å². The number of ether oxygens (including phenoxy) is 1. The number of benzene rings is 1. The lowest BCUT2D eigenvalue weighted by Gasteiger charge is -2.10. The van der Waals surface area contributed by atoms with Crippen LogP contribution in [0.15, 0.2) is 30.3 Å². The molecule has 0 aliphatic heterocycles. The molecule has 0 aromatic heterocycles. The van der Waals surface area contributed by atoms with Crippen molar-refractivity contribution in [3.05, 3.63) is 35.9 Å². The molecule has 0 fully saturated rings. The van der Waals surface area contributed by atoms with E-state index in [1.807, 2.05) is 37.3 Å². The predicted octanol–water partition coefficient (Wildman–Crippen LogP) is 1.59. The Labute approximate surface area is 90.4 Å². The van der Waals surface area contributed by atoms with Crippen molar-refractivity contribution in [1.29, 1.82) is 0 Å². The number of amides is 1. The van der Waals surface area contributed by atoms with Crippen molar-refractivity contribution in [2.75, 3.05) is 13.7 Å². The number of methoxy groups -OCH3 is 1. The third-order valence-electron chi connectivity index (χ3n) is 2.17. The second kappa shape index (κ2) is 6.19. The Morgan fingerprint density at radius 2 is 2.07 bits per heavy atom. The van der Waals surface area contributed by atoms with E-state index in [9.17, 15) is 4.79 Å². The summed E-state index contributed by atoms with van der Waals surface area (Å²) in [5, 5.41) is 2.86. The van der Waals surface area contributed by atoms with Crippen LogP contribution in [0.25, 0.3) is 0 Å². The lowest BCUT2D eigenvalue weighted by atomic mass is 10.1. The Kier molecular flexibility index (Phi) is 4.84. The smallest absolute Gasteiger partial charge is 0.225 e. The number of carbonyl (C=O) groups is 1. The molecule has 1 amide bonds. The molecule has 0 spiro atoms. The first-order valence-corrected chi connectivity index (χ1v) is 5.04. The summed E-state index contributed by atoms with van der Waals surface area (Å²) < 4.78 is 4.92. The third-order valence-corrected chi connectivity index (χ3v) is 2.17. The minimum Gasteiger partial charge on any atom is -0.384 e. The summed E-state index contributed by atoms with van der Waals surface area (Å²) >= 11 is 0. The van der Waals surface area contributed by atoms with Crippen LogP contribution in [-0.4, -0.2) is 19.6 Å². The fraction of sp³-hybridized carbons (Fsp3) is 0.417. The van der Waals surface area contributed by atoms with Gasteiger partial charge < -0.3 is 10.1 Å². The van der Waals surface area contributed by atoms with E-state index in [0.717, 1.165) is 5.56 Å². The van der Waals surface area contributed by atoms with Crippen LogP contribution < -0.4 is 5.32 Å². The summed E-state index contributed by atoms with van der Waals surface area (Å²) in [7, 11) is 1.60. The molecule has 1 rings (SSSR count). The molecule has 0 saturated carbocycles. The van der Waals surface area contributed by atoms with Gasteiger partial charge in [-0.1, -0.05) is 37.3 Å². The molecule has 1 aromatic rings. The van der Waals surface area contributed by atoms with Gasteiger partial charge in [0, 0.05) is 13.7 Å². The fourth-order valence-electron chi connectivity index (χ4n) is 1.28. The fourth-order valence-corrected chi connectivity index (χ4v) is 1.28. The Hall–Kier alpha value is -1.35. The first kappa shape index (κ1) is 11.7. The maximum absolute atomic E-state index is 11.5. The van der Waals surface area contributed by atoms with Gasteiger partial charge in [0.2, 0.25) is 5.91 Å². The number of hydrogen-bond donors (Lipinski definition) is 1. The van der Waals surface area contributed by atoms with Crippen molar-refractivity contribution in [3.8, 4) is 0 Å². The van der Waals surface area contributed by atoms with Gasteiger partial charge in [-0.05, 0) is 5.56 Å². The molecule has 3 nitrogen and oxygen atoms in total. The number of rotatable bonds is 5. The van der Waals surface area contributed by atoms with Gasteiger partial charge in [-0.2, -0.15) is 0 Å². The summed E-state index contributed by atoms with van der Waals surface area (Å²) in [6, 6.07) is 9.85. The average molecular weight is 207 g/mol. The standard InChI is InChI=1S/C12H17NO2/c1-10(9-15-2)12(14)13-8-11-6-4-3-5-7-11/h3-7,10H,8-9H2,1-2H3,(H,13,14)/t10-/m1/s1. The highest BCUT2D eigenvalue weighted by molar-refractivity contribution is 5.78. The van der Waals surface area contributed by atoms with Crippen LogP contribution in [0.1, 0.15) is 12.5 Å². The van der Waals surface area contributed by atoms with Gasteiger partial charge in [-0.3, -0.25) is 4.79 Å². The number of nitrogens with one attached hydrogen (secondary N) is 1. The number of hydrogen-bond acceptors (Lipinski definition) is 2. The van der Waals surface area contributed by atoms with E-state index < -0.39 is 0 Å². The first-order valence-electron chi connectivity index (χ1n) is 5.04. The van der Waals surface area contributed by atoms with Gasteiger partial charge in [0.05, 0.1) is 12.5 Å². The van der Waals surface area contributed by atoms with Gasteiger partial charge in [-0.25, -0.2) is 0 Å². The summed E-state index contributed by atoms with van der Waals surface area (Å²) in [5.41, 5.74) is 1.11. The van der Waals surface area contributed by atoms with Gasteiger partial charge in [0.25, 0.3) is 0 Å². The van der Waals surface area contributed by atoms with Crippen molar-refractivity contribution in [2.45, 2.75) is 13.5 Å². The highest BCUT2D eigenvalue weighted by Gasteiger charge is 2.11. The Bertz CT molecular complexity index is 298. The lowest BCUT2D eigenvalue weighted by Crippen LogP contribution is -2.30. The van der Waals surface area contributed by atoms with Crippen LogP contribution in [0.4, 0.5) is 0 Å². The van der Waals surface area contributed by atoms with Gasteiger partial charge >= 0.3 is 0 Å². The van der Waals surface area contributed by atoms with E-state index in [2.05, 4.69) is 5.32 Å². The minimum atomic E-state index is -0.0984. The van der Waals surface area contributed by atoms with Crippen LogP contribution in [0.2, 0.25) is 0 Å². The van der Waals surface area contributed by atoms with E-state index in [0.29, 0.717) is 13.2 Å². The molecular weight excluding hydrogens is 190 g/mol. The van der Waals surface area contributed by atoms with E-state index in [-0.39, 0.29) is 11.8 Å². The molecule has 0 unspecified atom stereocenters. The normalized spacial score (nSPS) is 12.1. The molecule has 1 N–H and O–H groups in total. The Balaban J connectivity index is 2.34. The molecule has 0 heterocycles. The highest BCUT2D eigenvalue weighted by atomic mass is 16.5. The van der Waals surface area contributed by atoms with E-state index in [1.54, 1.807) is 7.11 Å². The highest BCUT2D eigenvalue weighted by Crippen LogP contribution is 1.99. The molecule has 15 heavy (non-hydrogen) atoms. The molecule has 82 valence electrons. The summed E-state index contributed by atoms with van der Waals surface area (Å²) in [6.45, 7) is 2.89. The second-order valence-corrected chi connectivity index (χ2v) is 3.56. The molecule has 0 saturated heterocycles. The first-order chi connectivity index (χ1) is 7.24. The van der Waals surface area contributed by atoms with Gasteiger partial charge in [-0.15, -0.1) is 0 Å². The second-order valence-electron chi connectivity index (χ2n) is 3.56. The van der Waals surface area contributed by atoms with Crippen molar-refractivity contribution in [1.82, 2.24) is 5.32 Å². The van der Waals surface area contributed by atoms with Crippen LogP contribution in [0.5, 0.6) is 0 Å². The molecule has 0 aliphatic rings. The van der Waals surface area contributed by atoms with Crippen molar-refractivity contribution in [3.63, 3.8) is 0 Å². The molecule has 1 aromatic carbocycles. The minimum absolute atomic E-state index is 0.0284. The molecular formula is C12H17NO2.